The van der Waals surface area contributed by atoms with Crippen LogP contribution in [-0.2, 0) is 11.3 Å². The topological polar surface area (TPSA) is 50.4 Å². The molecule has 0 unspecified atom stereocenters. The van der Waals surface area contributed by atoms with Crippen molar-refractivity contribution in [3.05, 3.63) is 59.9 Å². The van der Waals surface area contributed by atoms with Gasteiger partial charge in [-0.3, -0.25) is 5.32 Å². The van der Waals surface area contributed by atoms with Crippen molar-refractivity contribution >= 4 is 17.5 Å². The Morgan fingerprint density at radius 1 is 1.19 bits per heavy atom. The number of rotatable bonds is 5. The van der Waals surface area contributed by atoms with Crippen LogP contribution in [0.5, 0.6) is 0 Å². The highest BCUT2D eigenvalue weighted by Crippen LogP contribution is 2.19. The van der Waals surface area contributed by atoms with Crippen LogP contribution in [0.3, 0.4) is 0 Å². The number of carbonyl (C=O) groups is 1. The van der Waals surface area contributed by atoms with Gasteiger partial charge in [0.2, 0.25) is 0 Å². The van der Waals surface area contributed by atoms with Crippen LogP contribution in [0.2, 0.25) is 0 Å². The molecule has 0 atom stereocenters. The van der Waals surface area contributed by atoms with E-state index in [1.165, 1.54) is 18.2 Å². The molecule has 4 nitrogen and oxygen atoms in total. The molecular weight excluding hydrogens is 271 g/mol. The molecule has 0 aliphatic heterocycles. The molecule has 0 bridgehead atoms. The fraction of sp³-hybridized carbons (Fsp3) is 0.188. The summed E-state index contributed by atoms with van der Waals surface area (Å²) in [6.45, 7) is 2.65. The maximum atomic E-state index is 13.5. The Morgan fingerprint density at radius 3 is 2.67 bits per heavy atom. The normalized spacial score (nSPS) is 10.0. The highest BCUT2D eigenvalue weighted by atomic mass is 19.1. The van der Waals surface area contributed by atoms with E-state index >= 15 is 0 Å². The lowest BCUT2D eigenvalue weighted by molar-refractivity contribution is 0.155. The van der Waals surface area contributed by atoms with Crippen LogP contribution in [-0.4, -0.2) is 12.6 Å². The van der Waals surface area contributed by atoms with Gasteiger partial charge in [0.25, 0.3) is 0 Å². The Balaban J connectivity index is 1.92. The second-order valence-corrected chi connectivity index (χ2v) is 4.41. The first-order chi connectivity index (χ1) is 10.2. The molecule has 0 heterocycles. The molecule has 0 aliphatic carbocycles. The molecule has 0 aliphatic rings. The van der Waals surface area contributed by atoms with Crippen LogP contribution in [0.4, 0.5) is 20.6 Å². The Labute approximate surface area is 122 Å². The minimum Gasteiger partial charge on any atom is -0.444 e. The second kappa shape index (κ2) is 7.28. The van der Waals surface area contributed by atoms with E-state index in [0.29, 0.717) is 17.9 Å². The summed E-state index contributed by atoms with van der Waals surface area (Å²) in [5.74, 6) is -0.361. The minimum atomic E-state index is -0.576. The number of hydrogen-bond acceptors (Lipinski definition) is 3. The van der Waals surface area contributed by atoms with Crippen LogP contribution in [0.25, 0.3) is 0 Å². The van der Waals surface area contributed by atoms with Crippen molar-refractivity contribution in [1.82, 2.24) is 0 Å². The van der Waals surface area contributed by atoms with Crippen molar-refractivity contribution in [3.8, 4) is 0 Å². The number of halogens is 1. The van der Waals surface area contributed by atoms with Crippen molar-refractivity contribution in [1.29, 1.82) is 0 Å². The van der Waals surface area contributed by atoms with Crippen molar-refractivity contribution < 1.29 is 13.9 Å². The van der Waals surface area contributed by atoms with Gasteiger partial charge in [0.05, 0.1) is 5.69 Å². The third-order valence-electron chi connectivity index (χ3n) is 2.79. The molecule has 0 saturated carbocycles. The van der Waals surface area contributed by atoms with E-state index in [1.807, 2.05) is 37.3 Å². The summed E-state index contributed by atoms with van der Waals surface area (Å²) in [5, 5.41) is 5.45. The summed E-state index contributed by atoms with van der Waals surface area (Å²) >= 11 is 0. The molecular formula is C16H17FN2O2. The number of amides is 1. The summed E-state index contributed by atoms with van der Waals surface area (Å²) in [6.07, 6.45) is -0.576. The molecule has 2 aromatic carbocycles. The zero-order valence-electron chi connectivity index (χ0n) is 11.7. The monoisotopic (exact) mass is 288 g/mol. The SMILES string of the molecule is CCNc1cc(NC(=O)OCc2ccccc2)ccc1F. The van der Waals surface area contributed by atoms with Gasteiger partial charge < -0.3 is 10.1 Å². The summed E-state index contributed by atoms with van der Waals surface area (Å²) < 4.78 is 18.6. The Bertz CT molecular complexity index is 602. The van der Waals surface area contributed by atoms with Gasteiger partial charge in [-0.2, -0.15) is 0 Å². The first-order valence-corrected chi connectivity index (χ1v) is 6.70. The molecule has 5 heteroatoms. The van der Waals surface area contributed by atoms with Crippen molar-refractivity contribution in [2.75, 3.05) is 17.2 Å². The second-order valence-electron chi connectivity index (χ2n) is 4.41. The van der Waals surface area contributed by atoms with Gasteiger partial charge in [0.1, 0.15) is 12.4 Å². The number of nitrogens with one attached hydrogen (secondary N) is 2. The van der Waals surface area contributed by atoms with Gasteiger partial charge >= 0.3 is 6.09 Å². The molecule has 2 rings (SSSR count). The zero-order valence-corrected chi connectivity index (χ0v) is 11.7. The first-order valence-electron chi connectivity index (χ1n) is 6.70. The largest absolute Gasteiger partial charge is 0.444 e. The third-order valence-corrected chi connectivity index (χ3v) is 2.79. The standard InChI is InChI=1S/C16H17FN2O2/c1-2-18-15-10-13(8-9-14(15)17)19-16(20)21-11-12-6-4-3-5-7-12/h3-10,18H,2,11H2,1H3,(H,19,20). The molecule has 0 radical (unpaired) electrons. The van der Waals surface area contributed by atoms with Gasteiger partial charge in [-0.25, -0.2) is 9.18 Å². The van der Waals surface area contributed by atoms with Gasteiger partial charge in [-0.1, -0.05) is 30.3 Å². The van der Waals surface area contributed by atoms with Gasteiger partial charge in [0.15, 0.2) is 0 Å². The molecule has 2 N–H and O–H groups in total. The fourth-order valence-electron chi connectivity index (χ4n) is 1.81. The lowest BCUT2D eigenvalue weighted by atomic mass is 10.2. The molecule has 0 saturated heterocycles. The van der Waals surface area contributed by atoms with E-state index in [1.54, 1.807) is 0 Å². The van der Waals surface area contributed by atoms with Crippen molar-refractivity contribution in [2.45, 2.75) is 13.5 Å². The quantitative estimate of drug-likeness (QED) is 0.874. The van der Waals surface area contributed by atoms with Gasteiger partial charge in [-0.05, 0) is 30.7 Å². The number of ether oxygens (including phenoxy) is 1. The first kappa shape index (κ1) is 14.8. The zero-order chi connectivity index (χ0) is 15.1. The molecule has 110 valence electrons. The Hall–Kier alpha value is -2.56. The maximum Gasteiger partial charge on any atom is 0.411 e. The number of hydrogen-bond donors (Lipinski definition) is 2. The highest BCUT2D eigenvalue weighted by molar-refractivity contribution is 5.85. The van der Waals surface area contributed by atoms with Crippen molar-refractivity contribution in [2.24, 2.45) is 0 Å². The van der Waals surface area contributed by atoms with E-state index in [2.05, 4.69) is 10.6 Å². The maximum absolute atomic E-state index is 13.5. The number of carbonyl (C=O) groups excluding carboxylic acids is 1. The summed E-state index contributed by atoms with van der Waals surface area (Å²) in [6, 6.07) is 13.7. The molecule has 21 heavy (non-hydrogen) atoms. The predicted octanol–water partition coefficient (Wildman–Crippen LogP) is 4.01. The van der Waals surface area contributed by atoms with Crippen LogP contribution in [0, 0.1) is 5.82 Å². The van der Waals surface area contributed by atoms with E-state index in [9.17, 15) is 9.18 Å². The average molecular weight is 288 g/mol. The number of benzene rings is 2. The molecule has 0 aromatic heterocycles. The highest BCUT2D eigenvalue weighted by Gasteiger charge is 2.07. The lowest BCUT2D eigenvalue weighted by Crippen LogP contribution is -2.14. The average Bonchev–Trinajstić information content (AvgIpc) is 2.50. The molecule has 0 fully saturated rings. The predicted molar refractivity (Wildman–Crippen MR) is 80.8 cm³/mol. The minimum absolute atomic E-state index is 0.188. The van der Waals surface area contributed by atoms with E-state index in [-0.39, 0.29) is 12.4 Å². The van der Waals surface area contributed by atoms with Crippen molar-refractivity contribution in [3.63, 3.8) is 0 Å². The Kier molecular flexibility index (Phi) is 5.15. The van der Waals surface area contributed by atoms with Gasteiger partial charge in [0, 0.05) is 12.2 Å². The molecule has 2 aromatic rings. The van der Waals surface area contributed by atoms with E-state index < -0.39 is 6.09 Å². The fourth-order valence-corrected chi connectivity index (χ4v) is 1.81. The summed E-state index contributed by atoms with van der Waals surface area (Å²) in [5.41, 5.74) is 1.73. The van der Waals surface area contributed by atoms with E-state index in [0.717, 1.165) is 5.56 Å². The van der Waals surface area contributed by atoms with Crippen LogP contribution in [0.15, 0.2) is 48.5 Å². The van der Waals surface area contributed by atoms with Gasteiger partial charge in [-0.15, -0.1) is 0 Å². The molecule has 0 spiro atoms. The van der Waals surface area contributed by atoms with Crippen LogP contribution in [0.1, 0.15) is 12.5 Å². The molecule has 1 amide bonds. The van der Waals surface area contributed by atoms with E-state index in [4.69, 9.17) is 4.74 Å². The van der Waals surface area contributed by atoms with Crippen LogP contribution < -0.4 is 10.6 Å². The number of anilines is 2. The lowest BCUT2D eigenvalue weighted by Gasteiger charge is -2.10. The van der Waals surface area contributed by atoms with Crippen LogP contribution >= 0.6 is 0 Å². The smallest absolute Gasteiger partial charge is 0.411 e. The summed E-state index contributed by atoms with van der Waals surface area (Å²) in [7, 11) is 0. The Morgan fingerprint density at radius 2 is 1.95 bits per heavy atom. The third kappa shape index (κ3) is 4.49. The summed E-state index contributed by atoms with van der Waals surface area (Å²) in [4.78, 5) is 11.7.